The maximum Gasteiger partial charge on any atom is 0.240 e. The number of rotatable bonds is 2. The molecule has 2 aromatic rings. The van der Waals surface area contributed by atoms with E-state index in [4.69, 9.17) is 5.84 Å². The molecule has 0 aliphatic carbocycles. The van der Waals surface area contributed by atoms with E-state index < -0.39 is 0 Å². The Morgan fingerprint density at radius 3 is 2.95 bits per heavy atom. The Morgan fingerprint density at radius 2 is 2.21 bits per heavy atom. The highest BCUT2D eigenvalue weighted by Gasteiger charge is 2.25. The third kappa shape index (κ3) is 2.26. The molecular formula is C13H19N5S. The van der Waals surface area contributed by atoms with Crippen LogP contribution in [0.15, 0.2) is 11.4 Å². The molecule has 0 spiro atoms. The van der Waals surface area contributed by atoms with Crippen LogP contribution in [0.5, 0.6) is 0 Å². The van der Waals surface area contributed by atoms with Crippen molar-refractivity contribution in [1.82, 2.24) is 9.97 Å². The largest absolute Gasteiger partial charge is 0.356 e. The lowest BCUT2D eigenvalue weighted by atomic mass is 9.88. The molecule has 3 rings (SSSR count). The molecule has 19 heavy (non-hydrogen) atoms. The molecule has 2 unspecified atom stereocenters. The van der Waals surface area contributed by atoms with Gasteiger partial charge >= 0.3 is 0 Å². The number of aromatic nitrogens is 2. The Balaban J connectivity index is 2.01. The van der Waals surface area contributed by atoms with Crippen molar-refractivity contribution in [2.45, 2.75) is 20.3 Å². The van der Waals surface area contributed by atoms with Crippen molar-refractivity contribution >= 4 is 33.3 Å². The number of thiophene rings is 1. The lowest BCUT2D eigenvalue weighted by molar-refractivity contribution is 0.323. The predicted octanol–water partition coefficient (Wildman–Crippen LogP) is 2.46. The van der Waals surface area contributed by atoms with E-state index in [-0.39, 0.29) is 0 Å². The van der Waals surface area contributed by atoms with Gasteiger partial charge in [0.1, 0.15) is 10.6 Å². The second-order valence-electron chi connectivity index (χ2n) is 5.34. The number of hydrazine groups is 1. The number of piperidine rings is 1. The van der Waals surface area contributed by atoms with Gasteiger partial charge in [-0.3, -0.25) is 5.43 Å². The summed E-state index contributed by atoms with van der Waals surface area (Å²) in [7, 11) is 0. The number of nitrogens with two attached hydrogens (primary N) is 1. The van der Waals surface area contributed by atoms with Crippen molar-refractivity contribution in [3.8, 4) is 0 Å². The van der Waals surface area contributed by atoms with Crippen LogP contribution < -0.4 is 16.2 Å². The standard InChI is InChI=1S/C13H19N5S/c1-8-3-5-18(7-9(8)2)11-10-4-6-19-12(10)16-13(15-11)17-14/h4,6,8-9H,3,5,7,14H2,1-2H3,(H,15,16,17). The first kappa shape index (κ1) is 12.6. The summed E-state index contributed by atoms with van der Waals surface area (Å²) in [6.45, 7) is 6.74. The predicted molar refractivity (Wildman–Crippen MR) is 80.4 cm³/mol. The fourth-order valence-electron chi connectivity index (χ4n) is 2.60. The van der Waals surface area contributed by atoms with Gasteiger partial charge < -0.3 is 4.90 Å². The quantitative estimate of drug-likeness (QED) is 0.652. The Labute approximate surface area is 116 Å². The van der Waals surface area contributed by atoms with Crippen LogP contribution in [0.25, 0.3) is 10.2 Å². The summed E-state index contributed by atoms with van der Waals surface area (Å²) in [5.74, 6) is 8.44. The van der Waals surface area contributed by atoms with Crippen LogP contribution in [0.4, 0.5) is 11.8 Å². The average Bonchev–Trinajstić information content (AvgIpc) is 2.89. The molecular weight excluding hydrogens is 258 g/mol. The van der Waals surface area contributed by atoms with Gasteiger partial charge in [0.25, 0.3) is 0 Å². The van der Waals surface area contributed by atoms with Gasteiger partial charge in [-0.15, -0.1) is 11.3 Å². The first-order chi connectivity index (χ1) is 9.19. The lowest BCUT2D eigenvalue weighted by Gasteiger charge is -2.36. The molecule has 1 fully saturated rings. The topological polar surface area (TPSA) is 67.1 Å². The molecule has 3 N–H and O–H groups in total. The highest BCUT2D eigenvalue weighted by Crippen LogP contribution is 2.32. The summed E-state index contributed by atoms with van der Waals surface area (Å²) in [6, 6.07) is 2.10. The number of fused-ring (bicyclic) bond motifs is 1. The number of nitrogen functional groups attached to an aromatic ring is 1. The molecule has 2 aromatic heterocycles. The molecule has 102 valence electrons. The minimum Gasteiger partial charge on any atom is -0.356 e. The van der Waals surface area contributed by atoms with Crippen LogP contribution in [0.1, 0.15) is 20.3 Å². The van der Waals surface area contributed by atoms with Crippen molar-refractivity contribution in [1.29, 1.82) is 0 Å². The van der Waals surface area contributed by atoms with Crippen molar-refractivity contribution in [3.63, 3.8) is 0 Å². The molecule has 0 amide bonds. The van der Waals surface area contributed by atoms with Gasteiger partial charge in [-0.25, -0.2) is 10.8 Å². The fraction of sp³-hybridized carbons (Fsp3) is 0.538. The minimum absolute atomic E-state index is 0.497. The smallest absolute Gasteiger partial charge is 0.240 e. The zero-order valence-corrected chi connectivity index (χ0v) is 12.1. The van der Waals surface area contributed by atoms with E-state index in [9.17, 15) is 0 Å². The number of nitrogens with zero attached hydrogens (tertiary/aromatic N) is 3. The van der Waals surface area contributed by atoms with Gasteiger partial charge in [0, 0.05) is 13.1 Å². The van der Waals surface area contributed by atoms with Gasteiger partial charge in [-0.2, -0.15) is 4.98 Å². The van der Waals surface area contributed by atoms with Gasteiger partial charge in [0.15, 0.2) is 0 Å². The SMILES string of the molecule is CC1CCN(c2nc(NN)nc3sccc23)CC1C. The maximum absolute atomic E-state index is 5.47. The van der Waals surface area contributed by atoms with Gasteiger partial charge in [0.05, 0.1) is 5.39 Å². The molecule has 5 nitrogen and oxygen atoms in total. The number of anilines is 2. The Kier molecular flexibility index (Phi) is 3.28. The van der Waals surface area contributed by atoms with Crippen LogP contribution >= 0.6 is 11.3 Å². The maximum atomic E-state index is 5.47. The Morgan fingerprint density at radius 1 is 1.37 bits per heavy atom. The van der Waals surface area contributed by atoms with Crippen molar-refractivity contribution in [2.75, 3.05) is 23.4 Å². The first-order valence-electron chi connectivity index (χ1n) is 6.66. The van der Waals surface area contributed by atoms with Gasteiger partial charge in [0.2, 0.25) is 5.95 Å². The third-order valence-electron chi connectivity index (χ3n) is 4.07. The number of nitrogens with one attached hydrogen (secondary N) is 1. The highest BCUT2D eigenvalue weighted by molar-refractivity contribution is 7.16. The second kappa shape index (κ2) is 4.94. The molecule has 1 saturated heterocycles. The van der Waals surface area contributed by atoms with Crippen molar-refractivity contribution in [2.24, 2.45) is 17.7 Å². The van der Waals surface area contributed by atoms with E-state index >= 15 is 0 Å². The third-order valence-corrected chi connectivity index (χ3v) is 4.87. The average molecular weight is 277 g/mol. The number of hydrogen-bond donors (Lipinski definition) is 2. The van der Waals surface area contributed by atoms with Crippen LogP contribution in [0.3, 0.4) is 0 Å². The minimum atomic E-state index is 0.497. The molecule has 3 heterocycles. The van der Waals surface area contributed by atoms with E-state index in [0.29, 0.717) is 11.9 Å². The fourth-order valence-corrected chi connectivity index (χ4v) is 3.36. The van der Waals surface area contributed by atoms with Crippen LogP contribution in [-0.2, 0) is 0 Å². The van der Waals surface area contributed by atoms with Gasteiger partial charge in [-0.05, 0) is 29.7 Å². The molecule has 1 aliphatic heterocycles. The van der Waals surface area contributed by atoms with Crippen molar-refractivity contribution < 1.29 is 0 Å². The summed E-state index contributed by atoms with van der Waals surface area (Å²) < 4.78 is 0. The second-order valence-corrected chi connectivity index (χ2v) is 6.24. The van der Waals surface area contributed by atoms with E-state index in [2.05, 4.69) is 45.6 Å². The van der Waals surface area contributed by atoms with Crippen LogP contribution in [0, 0.1) is 11.8 Å². The highest BCUT2D eigenvalue weighted by atomic mass is 32.1. The number of hydrogen-bond acceptors (Lipinski definition) is 6. The molecule has 0 bridgehead atoms. The summed E-state index contributed by atoms with van der Waals surface area (Å²) in [5.41, 5.74) is 2.57. The van der Waals surface area contributed by atoms with E-state index in [0.717, 1.165) is 35.0 Å². The zero-order valence-electron chi connectivity index (χ0n) is 11.3. The summed E-state index contributed by atoms with van der Waals surface area (Å²) in [4.78, 5) is 12.3. The van der Waals surface area contributed by atoms with Gasteiger partial charge in [-0.1, -0.05) is 13.8 Å². The zero-order chi connectivity index (χ0) is 13.4. The molecule has 0 aromatic carbocycles. The lowest BCUT2D eigenvalue weighted by Crippen LogP contribution is -2.39. The first-order valence-corrected chi connectivity index (χ1v) is 7.54. The monoisotopic (exact) mass is 277 g/mol. The molecule has 6 heteroatoms. The molecule has 0 saturated carbocycles. The Hall–Kier alpha value is -1.40. The normalized spacial score (nSPS) is 23.8. The molecule has 2 atom stereocenters. The summed E-state index contributed by atoms with van der Waals surface area (Å²) in [6.07, 6.45) is 1.21. The van der Waals surface area contributed by atoms with Crippen LogP contribution in [0.2, 0.25) is 0 Å². The van der Waals surface area contributed by atoms with Crippen LogP contribution in [-0.4, -0.2) is 23.1 Å². The summed E-state index contributed by atoms with van der Waals surface area (Å²) >= 11 is 1.62. The van der Waals surface area contributed by atoms with E-state index in [1.165, 1.54) is 6.42 Å². The molecule has 1 aliphatic rings. The molecule has 0 radical (unpaired) electrons. The van der Waals surface area contributed by atoms with E-state index in [1.807, 2.05) is 0 Å². The van der Waals surface area contributed by atoms with Crippen molar-refractivity contribution in [3.05, 3.63) is 11.4 Å². The Bertz CT molecular complexity index is 581. The summed E-state index contributed by atoms with van der Waals surface area (Å²) in [5, 5.41) is 3.19. The van der Waals surface area contributed by atoms with E-state index in [1.54, 1.807) is 11.3 Å².